The van der Waals surface area contributed by atoms with Crippen molar-refractivity contribution < 1.29 is 13.6 Å². The van der Waals surface area contributed by atoms with Crippen LogP contribution >= 0.6 is 11.3 Å². The van der Waals surface area contributed by atoms with E-state index >= 15 is 0 Å². The fourth-order valence-corrected chi connectivity index (χ4v) is 3.88. The van der Waals surface area contributed by atoms with Crippen LogP contribution in [0.15, 0.2) is 18.2 Å². The number of likely N-dealkylation sites (N-methyl/N-ethyl adjacent to an activating group) is 1. The van der Waals surface area contributed by atoms with Gasteiger partial charge in [0.15, 0.2) is 10.9 Å². The van der Waals surface area contributed by atoms with Crippen LogP contribution in [0.2, 0.25) is 0 Å². The fraction of sp³-hybridized carbons (Fsp3) is 0.421. The second kappa shape index (κ2) is 7.92. The Labute approximate surface area is 166 Å². The van der Waals surface area contributed by atoms with E-state index in [0.717, 1.165) is 23.1 Å². The largest absolute Gasteiger partial charge is 0.308 e. The van der Waals surface area contributed by atoms with Gasteiger partial charge in [0.2, 0.25) is 0 Å². The van der Waals surface area contributed by atoms with Gasteiger partial charge in [-0.2, -0.15) is 5.10 Å². The first-order valence-corrected chi connectivity index (χ1v) is 9.77. The SMILES string of the molecule is Cc1cc(C(=O)N(CCN(C)C)c2nc3c(F)cc(F)cc3s2)n(C(C)C)n1. The molecule has 0 saturated heterocycles. The number of fused-ring (bicyclic) bond motifs is 1. The highest BCUT2D eigenvalue weighted by atomic mass is 32.1. The van der Waals surface area contributed by atoms with Crippen molar-refractivity contribution >= 4 is 32.6 Å². The van der Waals surface area contributed by atoms with Crippen LogP contribution in [-0.2, 0) is 0 Å². The predicted octanol–water partition coefficient (Wildman–Crippen LogP) is 3.87. The van der Waals surface area contributed by atoms with Crippen molar-refractivity contribution in [3.63, 3.8) is 0 Å². The van der Waals surface area contributed by atoms with Gasteiger partial charge in [-0.05, 0) is 47.0 Å². The summed E-state index contributed by atoms with van der Waals surface area (Å²) in [6, 6.07) is 3.77. The molecule has 0 bridgehead atoms. The average Bonchev–Trinajstić information content (AvgIpc) is 3.18. The number of aryl methyl sites for hydroxylation is 1. The summed E-state index contributed by atoms with van der Waals surface area (Å²) in [5, 5.41) is 4.74. The maximum absolute atomic E-state index is 14.1. The number of thiazole rings is 1. The minimum atomic E-state index is -0.736. The zero-order valence-electron chi connectivity index (χ0n) is 16.5. The molecule has 2 aromatic heterocycles. The maximum Gasteiger partial charge on any atom is 0.278 e. The quantitative estimate of drug-likeness (QED) is 0.623. The molecule has 0 aliphatic heterocycles. The summed E-state index contributed by atoms with van der Waals surface area (Å²) in [6.07, 6.45) is 0. The molecule has 0 unspecified atom stereocenters. The molecule has 3 rings (SSSR count). The first kappa shape index (κ1) is 20.3. The van der Waals surface area contributed by atoms with Crippen LogP contribution in [0.3, 0.4) is 0 Å². The van der Waals surface area contributed by atoms with Crippen molar-refractivity contribution in [1.29, 1.82) is 0 Å². The Morgan fingerprint density at radius 2 is 1.93 bits per heavy atom. The second-order valence-electron chi connectivity index (χ2n) is 7.20. The molecule has 9 heteroatoms. The Morgan fingerprint density at radius 1 is 1.21 bits per heavy atom. The first-order chi connectivity index (χ1) is 13.2. The van der Waals surface area contributed by atoms with E-state index in [2.05, 4.69) is 10.1 Å². The molecule has 0 N–H and O–H groups in total. The van der Waals surface area contributed by atoms with E-state index in [0.29, 0.717) is 28.6 Å². The number of carbonyl (C=O) groups is 1. The molecular weight excluding hydrogens is 384 g/mol. The lowest BCUT2D eigenvalue weighted by Gasteiger charge is -2.22. The summed E-state index contributed by atoms with van der Waals surface area (Å²) >= 11 is 1.10. The molecule has 2 heterocycles. The number of amides is 1. The number of nitrogens with zero attached hydrogens (tertiary/aromatic N) is 5. The standard InChI is InChI=1S/C19H23F2N5OS/c1-11(2)26-15(8-12(3)23-26)18(27)25(7-6-24(4)5)19-22-17-14(21)9-13(20)10-16(17)28-19/h8-11H,6-7H2,1-5H3. The van der Waals surface area contributed by atoms with Crippen LogP contribution in [0.5, 0.6) is 0 Å². The van der Waals surface area contributed by atoms with Crippen LogP contribution in [0.4, 0.5) is 13.9 Å². The number of carbonyl (C=O) groups excluding carboxylic acids is 1. The van der Waals surface area contributed by atoms with Crippen LogP contribution in [0, 0.1) is 18.6 Å². The second-order valence-corrected chi connectivity index (χ2v) is 8.21. The molecule has 6 nitrogen and oxygen atoms in total. The molecule has 3 aromatic rings. The maximum atomic E-state index is 14.1. The van der Waals surface area contributed by atoms with Gasteiger partial charge < -0.3 is 4.90 Å². The highest BCUT2D eigenvalue weighted by Gasteiger charge is 2.26. The highest BCUT2D eigenvalue weighted by molar-refractivity contribution is 7.22. The van der Waals surface area contributed by atoms with E-state index < -0.39 is 11.6 Å². The van der Waals surface area contributed by atoms with Crippen LogP contribution in [-0.4, -0.2) is 52.8 Å². The number of anilines is 1. The lowest BCUT2D eigenvalue weighted by molar-refractivity contribution is 0.0973. The Balaban J connectivity index is 2.07. The topological polar surface area (TPSA) is 54.3 Å². The van der Waals surface area contributed by atoms with Gasteiger partial charge >= 0.3 is 0 Å². The minimum Gasteiger partial charge on any atom is -0.308 e. The van der Waals surface area contributed by atoms with E-state index in [4.69, 9.17) is 0 Å². The fourth-order valence-electron chi connectivity index (χ4n) is 2.85. The summed E-state index contributed by atoms with van der Waals surface area (Å²) in [7, 11) is 3.80. The molecule has 1 aromatic carbocycles. The first-order valence-electron chi connectivity index (χ1n) is 8.95. The molecule has 28 heavy (non-hydrogen) atoms. The summed E-state index contributed by atoms with van der Waals surface area (Å²) in [5.41, 5.74) is 1.25. The smallest absolute Gasteiger partial charge is 0.278 e. The van der Waals surface area contributed by atoms with Gasteiger partial charge in [0.05, 0.1) is 10.4 Å². The molecule has 0 aliphatic carbocycles. The van der Waals surface area contributed by atoms with Crippen LogP contribution < -0.4 is 4.90 Å². The van der Waals surface area contributed by atoms with Crippen LogP contribution in [0.25, 0.3) is 10.2 Å². The number of benzene rings is 1. The zero-order chi connectivity index (χ0) is 20.6. The molecule has 1 amide bonds. The van der Waals surface area contributed by atoms with Crippen LogP contribution in [0.1, 0.15) is 36.1 Å². The van der Waals surface area contributed by atoms with Crippen molar-refractivity contribution in [3.05, 3.63) is 41.2 Å². The lowest BCUT2D eigenvalue weighted by Crippen LogP contribution is -2.38. The summed E-state index contributed by atoms with van der Waals surface area (Å²) < 4.78 is 29.7. The van der Waals surface area contributed by atoms with E-state index in [-0.39, 0.29) is 17.5 Å². The monoisotopic (exact) mass is 407 g/mol. The summed E-state index contributed by atoms with van der Waals surface area (Å²) in [4.78, 5) is 21.1. The number of halogens is 2. The Hall–Kier alpha value is -2.39. The summed E-state index contributed by atoms with van der Waals surface area (Å²) in [6.45, 7) is 6.67. The Morgan fingerprint density at radius 3 is 2.57 bits per heavy atom. The Kier molecular flexibility index (Phi) is 5.76. The molecular formula is C19H23F2N5OS. The van der Waals surface area contributed by atoms with Crippen molar-refractivity contribution in [2.24, 2.45) is 0 Å². The van der Waals surface area contributed by atoms with Crippen molar-refractivity contribution in [1.82, 2.24) is 19.7 Å². The van der Waals surface area contributed by atoms with E-state index in [1.165, 1.54) is 11.0 Å². The molecule has 0 saturated carbocycles. The van der Waals surface area contributed by atoms with Gasteiger partial charge in [0.25, 0.3) is 5.91 Å². The van der Waals surface area contributed by atoms with Gasteiger partial charge in [-0.25, -0.2) is 13.8 Å². The van der Waals surface area contributed by atoms with Gasteiger partial charge in [-0.3, -0.25) is 14.4 Å². The number of rotatable bonds is 6. The van der Waals surface area contributed by atoms with Crippen molar-refractivity contribution in [2.45, 2.75) is 26.8 Å². The third-order valence-corrected chi connectivity index (χ3v) is 5.24. The molecule has 0 fully saturated rings. The predicted molar refractivity (Wildman–Crippen MR) is 107 cm³/mol. The van der Waals surface area contributed by atoms with Crippen molar-refractivity contribution in [3.8, 4) is 0 Å². The van der Waals surface area contributed by atoms with Gasteiger partial charge in [-0.1, -0.05) is 11.3 Å². The van der Waals surface area contributed by atoms with E-state index in [1.807, 2.05) is 39.8 Å². The Bertz CT molecular complexity index is 1010. The number of hydrogen-bond donors (Lipinski definition) is 0. The molecule has 0 spiro atoms. The van der Waals surface area contributed by atoms with Gasteiger partial charge in [0.1, 0.15) is 17.0 Å². The third-order valence-electron chi connectivity index (χ3n) is 4.21. The molecule has 0 atom stereocenters. The number of hydrogen-bond acceptors (Lipinski definition) is 5. The average molecular weight is 407 g/mol. The van der Waals surface area contributed by atoms with E-state index in [1.54, 1.807) is 10.7 Å². The molecule has 0 radical (unpaired) electrons. The minimum absolute atomic E-state index is 0.00487. The van der Waals surface area contributed by atoms with Crippen molar-refractivity contribution in [2.75, 3.05) is 32.1 Å². The van der Waals surface area contributed by atoms with E-state index in [9.17, 15) is 13.6 Å². The highest BCUT2D eigenvalue weighted by Crippen LogP contribution is 2.32. The third kappa shape index (κ3) is 4.05. The lowest BCUT2D eigenvalue weighted by atomic mass is 10.3. The molecule has 0 aliphatic rings. The normalized spacial score (nSPS) is 11.8. The molecule has 150 valence electrons. The van der Waals surface area contributed by atoms with Gasteiger partial charge in [0, 0.05) is 25.2 Å². The number of aromatic nitrogens is 3. The summed E-state index contributed by atoms with van der Waals surface area (Å²) in [5.74, 6) is -1.67. The van der Waals surface area contributed by atoms with Gasteiger partial charge in [-0.15, -0.1) is 0 Å². The zero-order valence-corrected chi connectivity index (χ0v) is 17.3.